The van der Waals surface area contributed by atoms with Crippen molar-refractivity contribution in [3.05, 3.63) is 62.5 Å². The van der Waals surface area contributed by atoms with Crippen LogP contribution in [-0.2, 0) is 0 Å². The minimum atomic E-state index is -0.149. The Hall–Kier alpha value is -1.93. The molecular formula is C18H15IN2O2S. The van der Waals surface area contributed by atoms with E-state index >= 15 is 0 Å². The maximum Gasteiger partial charge on any atom is 0.257 e. The van der Waals surface area contributed by atoms with E-state index < -0.39 is 0 Å². The van der Waals surface area contributed by atoms with Crippen molar-refractivity contribution in [1.29, 1.82) is 0 Å². The summed E-state index contributed by atoms with van der Waals surface area (Å²) in [5.74, 6) is 0.655. The molecule has 3 rings (SSSR count). The molecule has 0 aliphatic rings. The van der Waals surface area contributed by atoms with Gasteiger partial charge in [-0.15, -0.1) is 11.3 Å². The molecule has 1 N–H and O–H groups in total. The first-order valence-corrected chi connectivity index (χ1v) is 9.15. The summed E-state index contributed by atoms with van der Waals surface area (Å²) in [6.07, 6.45) is 0. The van der Waals surface area contributed by atoms with E-state index in [4.69, 9.17) is 4.74 Å². The summed E-state index contributed by atoms with van der Waals surface area (Å²) >= 11 is 3.66. The van der Waals surface area contributed by atoms with Crippen molar-refractivity contribution in [2.45, 2.75) is 6.92 Å². The molecule has 0 fully saturated rings. The van der Waals surface area contributed by atoms with E-state index in [2.05, 4.69) is 32.9 Å². The second-order valence-electron chi connectivity index (χ2n) is 5.12. The van der Waals surface area contributed by atoms with Gasteiger partial charge in [0.1, 0.15) is 5.75 Å². The van der Waals surface area contributed by atoms with Crippen LogP contribution in [0.4, 0.5) is 5.13 Å². The van der Waals surface area contributed by atoms with E-state index in [1.165, 1.54) is 11.3 Å². The summed E-state index contributed by atoms with van der Waals surface area (Å²) in [7, 11) is 1.64. The van der Waals surface area contributed by atoms with E-state index in [1.807, 2.05) is 49.4 Å². The van der Waals surface area contributed by atoms with Crippen molar-refractivity contribution in [3.63, 3.8) is 0 Å². The fourth-order valence-electron chi connectivity index (χ4n) is 2.27. The summed E-state index contributed by atoms with van der Waals surface area (Å²) in [4.78, 5) is 18.0. The molecule has 0 saturated carbocycles. The maximum atomic E-state index is 12.3. The van der Waals surface area contributed by atoms with Crippen molar-refractivity contribution in [2.24, 2.45) is 0 Å². The molecule has 1 aromatic heterocycles. The Labute approximate surface area is 158 Å². The first kappa shape index (κ1) is 16.9. The number of thiazole rings is 1. The number of methoxy groups -OCH3 is 1. The van der Waals surface area contributed by atoms with Crippen molar-refractivity contribution >= 4 is 45.0 Å². The minimum absolute atomic E-state index is 0.149. The Morgan fingerprint density at radius 1 is 1.21 bits per heavy atom. The predicted molar refractivity (Wildman–Crippen MR) is 106 cm³/mol. The molecule has 0 spiro atoms. The number of anilines is 1. The number of benzene rings is 2. The Morgan fingerprint density at radius 2 is 1.96 bits per heavy atom. The van der Waals surface area contributed by atoms with Crippen molar-refractivity contribution < 1.29 is 9.53 Å². The number of aryl methyl sites for hydroxylation is 1. The van der Waals surface area contributed by atoms with Gasteiger partial charge in [-0.25, -0.2) is 4.98 Å². The summed E-state index contributed by atoms with van der Waals surface area (Å²) in [6, 6.07) is 15.2. The molecule has 0 aliphatic heterocycles. The number of aromatic nitrogens is 1. The molecule has 24 heavy (non-hydrogen) atoms. The number of amides is 1. The summed E-state index contributed by atoms with van der Waals surface area (Å²) in [5.41, 5.74) is 2.50. The molecule has 0 radical (unpaired) electrons. The number of nitrogens with zero attached hydrogens (tertiary/aromatic N) is 1. The highest BCUT2D eigenvalue weighted by atomic mass is 127. The lowest BCUT2D eigenvalue weighted by molar-refractivity contribution is 0.102. The van der Waals surface area contributed by atoms with Crippen molar-refractivity contribution in [3.8, 4) is 17.0 Å². The van der Waals surface area contributed by atoms with Gasteiger partial charge in [-0.2, -0.15) is 0 Å². The van der Waals surface area contributed by atoms with Crippen LogP contribution in [0, 0.1) is 10.5 Å². The van der Waals surface area contributed by atoms with Crippen molar-refractivity contribution in [1.82, 2.24) is 4.98 Å². The third-order valence-electron chi connectivity index (χ3n) is 3.47. The van der Waals surface area contributed by atoms with Gasteiger partial charge >= 0.3 is 0 Å². The zero-order valence-electron chi connectivity index (χ0n) is 13.2. The summed E-state index contributed by atoms with van der Waals surface area (Å²) < 4.78 is 6.20. The molecular weight excluding hydrogens is 435 g/mol. The summed E-state index contributed by atoms with van der Waals surface area (Å²) in [6.45, 7) is 2.00. The Kier molecular flexibility index (Phi) is 5.15. The van der Waals surface area contributed by atoms with Crippen molar-refractivity contribution in [2.75, 3.05) is 12.4 Å². The van der Waals surface area contributed by atoms with Gasteiger partial charge in [0.15, 0.2) is 5.13 Å². The highest BCUT2D eigenvalue weighted by Crippen LogP contribution is 2.31. The third-order valence-corrected chi connectivity index (χ3v) is 5.02. The molecule has 122 valence electrons. The molecule has 1 amide bonds. The lowest BCUT2D eigenvalue weighted by Gasteiger charge is -2.02. The Balaban J connectivity index is 1.82. The van der Waals surface area contributed by atoms with Crippen LogP contribution in [0.3, 0.4) is 0 Å². The molecule has 3 aromatic rings. The van der Waals surface area contributed by atoms with Gasteiger partial charge < -0.3 is 4.74 Å². The van der Waals surface area contributed by atoms with Crippen LogP contribution in [0.25, 0.3) is 11.3 Å². The zero-order valence-corrected chi connectivity index (χ0v) is 16.1. The fourth-order valence-corrected chi connectivity index (χ4v) is 3.64. The lowest BCUT2D eigenvalue weighted by Crippen LogP contribution is -2.11. The minimum Gasteiger partial charge on any atom is -0.497 e. The SMILES string of the molecule is COc1ccc(-c2nc(NC(=O)c3cccc(I)c3)sc2C)cc1. The molecule has 0 atom stereocenters. The molecule has 0 bridgehead atoms. The van der Waals surface area contributed by atoms with Crippen LogP contribution in [0.2, 0.25) is 0 Å². The van der Waals surface area contributed by atoms with Crippen LogP contribution in [0.15, 0.2) is 48.5 Å². The van der Waals surface area contributed by atoms with Crippen LogP contribution >= 0.6 is 33.9 Å². The number of carbonyl (C=O) groups excluding carboxylic acids is 1. The topological polar surface area (TPSA) is 51.2 Å². The first-order valence-electron chi connectivity index (χ1n) is 7.25. The lowest BCUT2D eigenvalue weighted by atomic mass is 10.1. The molecule has 4 nitrogen and oxygen atoms in total. The molecule has 2 aromatic carbocycles. The number of hydrogen-bond donors (Lipinski definition) is 1. The second kappa shape index (κ2) is 7.31. The number of hydrogen-bond acceptors (Lipinski definition) is 4. The Bertz CT molecular complexity index is 875. The average Bonchev–Trinajstić information content (AvgIpc) is 2.95. The number of halogens is 1. The maximum absolute atomic E-state index is 12.3. The number of ether oxygens (including phenoxy) is 1. The van der Waals surface area contributed by atoms with E-state index in [9.17, 15) is 4.79 Å². The summed E-state index contributed by atoms with van der Waals surface area (Å²) in [5, 5.41) is 3.48. The molecule has 6 heteroatoms. The predicted octanol–water partition coefficient (Wildman–Crippen LogP) is 4.98. The number of carbonyl (C=O) groups is 1. The van der Waals surface area contributed by atoms with Gasteiger partial charge in [0.05, 0.1) is 12.8 Å². The largest absolute Gasteiger partial charge is 0.497 e. The molecule has 0 saturated heterocycles. The Morgan fingerprint density at radius 3 is 2.62 bits per heavy atom. The highest BCUT2D eigenvalue weighted by molar-refractivity contribution is 14.1. The standard InChI is InChI=1S/C18H15IN2O2S/c1-11-16(12-6-8-15(23-2)9-7-12)20-18(24-11)21-17(22)13-4-3-5-14(19)10-13/h3-10H,1-2H3,(H,20,21,22). The van der Waals surface area contributed by atoms with Gasteiger partial charge in [0.25, 0.3) is 5.91 Å². The second-order valence-corrected chi connectivity index (χ2v) is 7.57. The highest BCUT2D eigenvalue weighted by Gasteiger charge is 2.13. The van der Waals surface area contributed by atoms with Crippen LogP contribution in [0.5, 0.6) is 5.75 Å². The zero-order chi connectivity index (χ0) is 17.1. The monoisotopic (exact) mass is 450 g/mol. The molecule has 0 unspecified atom stereocenters. The van der Waals surface area contributed by atoms with E-state index in [0.29, 0.717) is 10.7 Å². The van der Waals surface area contributed by atoms with Gasteiger partial charge in [0.2, 0.25) is 0 Å². The van der Waals surface area contributed by atoms with E-state index in [0.717, 1.165) is 25.5 Å². The van der Waals surface area contributed by atoms with Crippen LogP contribution in [-0.4, -0.2) is 18.0 Å². The first-order chi connectivity index (χ1) is 11.6. The number of nitrogens with one attached hydrogen (secondary N) is 1. The van der Waals surface area contributed by atoms with Crippen LogP contribution in [0.1, 0.15) is 15.2 Å². The smallest absolute Gasteiger partial charge is 0.257 e. The van der Waals surface area contributed by atoms with Gasteiger partial charge in [0, 0.05) is 19.6 Å². The van der Waals surface area contributed by atoms with E-state index in [1.54, 1.807) is 13.2 Å². The van der Waals surface area contributed by atoms with Gasteiger partial charge in [-0.1, -0.05) is 6.07 Å². The van der Waals surface area contributed by atoms with E-state index in [-0.39, 0.29) is 5.91 Å². The number of rotatable bonds is 4. The normalized spacial score (nSPS) is 10.5. The average molecular weight is 450 g/mol. The quantitative estimate of drug-likeness (QED) is 0.571. The van der Waals surface area contributed by atoms with Gasteiger partial charge in [-0.05, 0) is 72.0 Å². The molecule has 0 aliphatic carbocycles. The fraction of sp³-hybridized carbons (Fsp3) is 0.111. The van der Waals surface area contributed by atoms with Gasteiger partial charge in [-0.3, -0.25) is 10.1 Å². The third kappa shape index (κ3) is 3.76. The van der Waals surface area contributed by atoms with Crippen LogP contribution < -0.4 is 10.1 Å². The molecule has 1 heterocycles.